The maximum atomic E-state index is 5.05. The molecule has 1 rings (SSSR count). The summed E-state index contributed by atoms with van der Waals surface area (Å²) in [5.41, 5.74) is 11.0. The summed E-state index contributed by atoms with van der Waals surface area (Å²) in [6, 6.07) is 0. The highest BCUT2D eigenvalue weighted by atomic mass is 15.3. The van der Waals surface area contributed by atoms with E-state index in [1.165, 1.54) is 6.21 Å². The standard InChI is InChI=1S/C6H10N6/c1-12-4-5(3-10-12)2-9-11-6(7)8/h2-4H,1H3,(H4,7,8,11). The van der Waals surface area contributed by atoms with Gasteiger partial charge < -0.3 is 11.5 Å². The van der Waals surface area contributed by atoms with Gasteiger partial charge >= 0.3 is 0 Å². The van der Waals surface area contributed by atoms with Crippen LogP contribution < -0.4 is 11.5 Å². The summed E-state index contributed by atoms with van der Waals surface area (Å²) < 4.78 is 1.66. The fourth-order valence-corrected chi connectivity index (χ4v) is 0.669. The monoisotopic (exact) mass is 166 g/mol. The van der Waals surface area contributed by atoms with Gasteiger partial charge in [0.15, 0.2) is 0 Å². The zero-order chi connectivity index (χ0) is 8.97. The van der Waals surface area contributed by atoms with E-state index in [1.54, 1.807) is 17.1 Å². The number of aromatic nitrogens is 2. The second-order valence-corrected chi connectivity index (χ2v) is 2.22. The third-order valence-corrected chi connectivity index (χ3v) is 1.10. The predicted molar refractivity (Wildman–Crippen MR) is 46.6 cm³/mol. The molecule has 0 saturated heterocycles. The molecule has 0 fully saturated rings. The Morgan fingerprint density at radius 1 is 1.67 bits per heavy atom. The van der Waals surface area contributed by atoms with Crippen molar-refractivity contribution in [3.8, 4) is 0 Å². The lowest BCUT2D eigenvalue weighted by Crippen LogP contribution is -2.21. The quantitative estimate of drug-likeness (QED) is 0.336. The fraction of sp³-hybridized carbons (Fsp3) is 0.167. The molecule has 1 aromatic rings. The number of nitrogens with two attached hydrogens (primary N) is 2. The van der Waals surface area contributed by atoms with Gasteiger partial charge in [0.2, 0.25) is 5.96 Å². The lowest BCUT2D eigenvalue weighted by Gasteiger charge is -1.82. The van der Waals surface area contributed by atoms with Crippen molar-refractivity contribution < 1.29 is 0 Å². The lowest BCUT2D eigenvalue weighted by atomic mass is 10.4. The van der Waals surface area contributed by atoms with Crippen molar-refractivity contribution in [1.82, 2.24) is 9.78 Å². The SMILES string of the molecule is Cn1cc(C=NN=C(N)N)cn1. The van der Waals surface area contributed by atoms with E-state index in [4.69, 9.17) is 11.5 Å². The number of nitrogens with zero attached hydrogens (tertiary/aromatic N) is 4. The molecule has 0 bridgehead atoms. The first-order valence-electron chi connectivity index (χ1n) is 3.29. The van der Waals surface area contributed by atoms with Gasteiger partial charge in [0.1, 0.15) is 0 Å². The fourth-order valence-electron chi connectivity index (χ4n) is 0.669. The topological polar surface area (TPSA) is 94.6 Å². The first kappa shape index (κ1) is 8.25. The molecular weight excluding hydrogens is 156 g/mol. The van der Waals surface area contributed by atoms with Gasteiger partial charge in [-0.25, -0.2) is 0 Å². The number of hydrogen-bond acceptors (Lipinski definition) is 3. The minimum atomic E-state index is -0.0601. The summed E-state index contributed by atoms with van der Waals surface area (Å²) in [6.07, 6.45) is 4.98. The Morgan fingerprint density at radius 2 is 2.42 bits per heavy atom. The van der Waals surface area contributed by atoms with Crippen LogP contribution in [0.2, 0.25) is 0 Å². The number of aryl methyl sites for hydroxylation is 1. The van der Waals surface area contributed by atoms with E-state index in [2.05, 4.69) is 15.3 Å². The number of hydrogen-bond donors (Lipinski definition) is 2. The molecule has 0 atom stereocenters. The van der Waals surface area contributed by atoms with E-state index in [0.717, 1.165) is 5.56 Å². The molecule has 4 N–H and O–H groups in total. The van der Waals surface area contributed by atoms with Gasteiger partial charge in [0.05, 0.1) is 12.4 Å². The zero-order valence-electron chi connectivity index (χ0n) is 6.68. The van der Waals surface area contributed by atoms with Crippen LogP contribution in [0.4, 0.5) is 0 Å². The minimum absolute atomic E-state index is 0.0601. The van der Waals surface area contributed by atoms with E-state index in [0.29, 0.717) is 0 Å². The van der Waals surface area contributed by atoms with Crippen molar-refractivity contribution in [2.75, 3.05) is 0 Å². The second kappa shape index (κ2) is 3.51. The second-order valence-electron chi connectivity index (χ2n) is 2.22. The molecular formula is C6H10N6. The van der Waals surface area contributed by atoms with Gasteiger partial charge in [-0.05, 0) is 0 Å². The summed E-state index contributed by atoms with van der Waals surface area (Å²) in [6.45, 7) is 0. The minimum Gasteiger partial charge on any atom is -0.369 e. The molecule has 64 valence electrons. The third-order valence-electron chi connectivity index (χ3n) is 1.10. The van der Waals surface area contributed by atoms with Crippen LogP contribution in [0, 0.1) is 0 Å². The maximum absolute atomic E-state index is 5.05. The maximum Gasteiger partial charge on any atom is 0.211 e. The summed E-state index contributed by atoms with van der Waals surface area (Å²) >= 11 is 0. The van der Waals surface area contributed by atoms with Crippen LogP contribution in [0.25, 0.3) is 0 Å². The van der Waals surface area contributed by atoms with E-state index < -0.39 is 0 Å². The smallest absolute Gasteiger partial charge is 0.211 e. The molecule has 12 heavy (non-hydrogen) atoms. The van der Waals surface area contributed by atoms with Crippen LogP contribution in [0.1, 0.15) is 5.56 Å². The summed E-state index contributed by atoms with van der Waals surface area (Å²) in [4.78, 5) is 0. The Hall–Kier alpha value is -1.85. The Bertz CT molecular complexity index is 306. The van der Waals surface area contributed by atoms with Crippen LogP contribution >= 0.6 is 0 Å². The lowest BCUT2D eigenvalue weighted by molar-refractivity contribution is 0.767. The molecule has 0 spiro atoms. The van der Waals surface area contributed by atoms with Crippen LogP contribution in [0.5, 0.6) is 0 Å². The molecule has 0 aliphatic rings. The average Bonchev–Trinajstić information content (AvgIpc) is 2.35. The van der Waals surface area contributed by atoms with Crippen molar-refractivity contribution in [3.05, 3.63) is 18.0 Å². The third kappa shape index (κ3) is 2.41. The molecule has 1 aromatic heterocycles. The zero-order valence-corrected chi connectivity index (χ0v) is 6.68. The van der Waals surface area contributed by atoms with E-state index in [-0.39, 0.29) is 5.96 Å². The van der Waals surface area contributed by atoms with Gasteiger partial charge in [-0.3, -0.25) is 4.68 Å². The molecule has 0 aromatic carbocycles. The van der Waals surface area contributed by atoms with E-state index in [9.17, 15) is 0 Å². The Morgan fingerprint density at radius 3 is 2.92 bits per heavy atom. The van der Waals surface area contributed by atoms with Gasteiger partial charge in [-0.2, -0.15) is 10.2 Å². The summed E-state index contributed by atoms with van der Waals surface area (Å²) in [7, 11) is 1.82. The summed E-state index contributed by atoms with van der Waals surface area (Å²) in [5.74, 6) is -0.0601. The highest BCUT2D eigenvalue weighted by Gasteiger charge is 1.88. The van der Waals surface area contributed by atoms with E-state index >= 15 is 0 Å². The molecule has 0 saturated carbocycles. The molecule has 1 heterocycles. The Balaban J connectivity index is 2.64. The van der Waals surface area contributed by atoms with Crippen molar-refractivity contribution in [3.63, 3.8) is 0 Å². The Kier molecular flexibility index (Phi) is 2.42. The van der Waals surface area contributed by atoms with Gasteiger partial charge in [-0.15, -0.1) is 5.10 Å². The Labute approximate surface area is 69.6 Å². The van der Waals surface area contributed by atoms with Gasteiger partial charge in [0, 0.05) is 18.8 Å². The van der Waals surface area contributed by atoms with Crippen LogP contribution in [0.15, 0.2) is 22.6 Å². The molecule has 6 heteroatoms. The average molecular weight is 166 g/mol. The molecule has 6 nitrogen and oxygen atoms in total. The van der Waals surface area contributed by atoms with Gasteiger partial charge in [0.25, 0.3) is 0 Å². The van der Waals surface area contributed by atoms with Crippen molar-refractivity contribution in [1.29, 1.82) is 0 Å². The number of rotatable bonds is 2. The first-order valence-corrected chi connectivity index (χ1v) is 3.29. The molecule has 0 unspecified atom stereocenters. The number of guanidine groups is 1. The molecule has 0 aliphatic carbocycles. The highest BCUT2D eigenvalue weighted by Crippen LogP contribution is 1.90. The molecule has 0 aliphatic heterocycles. The largest absolute Gasteiger partial charge is 0.369 e. The van der Waals surface area contributed by atoms with Gasteiger partial charge in [-0.1, -0.05) is 0 Å². The van der Waals surface area contributed by atoms with E-state index in [1.807, 2.05) is 7.05 Å². The molecule has 0 radical (unpaired) electrons. The molecule has 0 amide bonds. The highest BCUT2D eigenvalue weighted by molar-refractivity contribution is 5.80. The van der Waals surface area contributed by atoms with Crippen LogP contribution in [-0.4, -0.2) is 22.0 Å². The van der Waals surface area contributed by atoms with Crippen LogP contribution in [0.3, 0.4) is 0 Å². The normalized spacial score (nSPS) is 10.4. The predicted octanol–water partition coefficient (Wildman–Crippen LogP) is -0.973. The van der Waals surface area contributed by atoms with Crippen molar-refractivity contribution in [2.45, 2.75) is 0 Å². The van der Waals surface area contributed by atoms with Crippen molar-refractivity contribution in [2.24, 2.45) is 28.7 Å². The summed E-state index contributed by atoms with van der Waals surface area (Å²) in [5, 5.41) is 11.0. The first-order chi connectivity index (χ1) is 5.68. The van der Waals surface area contributed by atoms with Crippen molar-refractivity contribution >= 4 is 12.2 Å². The van der Waals surface area contributed by atoms with Crippen LogP contribution in [-0.2, 0) is 7.05 Å².